The molecule has 3 heterocycles. The minimum Gasteiger partial charge on any atom is -0.369 e. The smallest absolute Gasteiger partial charge is 0.270 e. The molecule has 7 nitrogen and oxygen atoms in total. The van der Waals surface area contributed by atoms with Crippen LogP contribution in [0.15, 0.2) is 16.9 Å². The van der Waals surface area contributed by atoms with Crippen molar-refractivity contribution in [3.8, 4) is 0 Å². The molecule has 1 amide bonds. The zero-order chi connectivity index (χ0) is 18.3. The van der Waals surface area contributed by atoms with Gasteiger partial charge in [-0.3, -0.25) is 14.3 Å². The summed E-state index contributed by atoms with van der Waals surface area (Å²) in [4.78, 5) is 25.0. The molecule has 2 atom stereocenters. The van der Waals surface area contributed by atoms with Crippen LogP contribution >= 0.6 is 0 Å². The molecule has 3 rings (SSSR count). The Morgan fingerprint density at radius 3 is 2.80 bits per heavy atom. The number of nitrogens with zero attached hydrogens (tertiary/aromatic N) is 3. The Morgan fingerprint density at radius 2 is 2.08 bits per heavy atom. The second kappa shape index (κ2) is 6.48. The third-order valence-electron chi connectivity index (χ3n) is 4.78. The van der Waals surface area contributed by atoms with Crippen molar-refractivity contribution in [3.05, 3.63) is 50.7 Å². The zero-order valence-corrected chi connectivity index (χ0v) is 15.3. The molecule has 0 bridgehead atoms. The lowest BCUT2D eigenvalue weighted by atomic mass is 9.99. The summed E-state index contributed by atoms with van der Waals surface area (Å²) in [6, 6.07) is 3.63. The Hall–Kier alpha value is -2.41. The topological polar surface area (TPSA) is 78.2 Å². The van der Waals surface area contributed by atoms with Crippen LogP contribution in [0, 0.1) is 6.92 Å². The van der Waals surface area contributed by atoms with Crippen molar-refractivity contribution in [3.63, 3.8) is 0 Å². The highest BCUT2D eigenvalue weighted by Crippen LogP contribution is 2.31. The SMILES string of the molecule is Cc1ccc(CNC(=O)c2c3c(nn2C)[C@H](C)O[C@H](C)C3)c(=O)n1C. The Bertz CT molecular complexity index is 881. The van der Waals surface area contributed by atoms with E-state index >= 15 is 0 Å². The van der Waals surface area contributed by atoms with E-state index in [4.69, 9.17) is 4.74 Å². The number of hydrogen-bond donors (Lipinski definition) is 1. The molecular weight excluding hydrogens is 320 g/mol. The van der Waals surface area contributed by atoms with Crippen LogP contribution in [0.4, 0.5) is 0 Å². The van der Waals surface area contributed by atoms with Crippen molar-refractivity contribution >= 4 is 5.91 Å². The van der Waals surface area contributed by atoms with Crippen molar-refractivity contribution in [2.24, 2.45) is 14.1 Å². The van der Waals surface area contributed by atoms with Crippen molar-refractivity contribution in [1.29, 1.82) is 0 Å². The van der Waals surface area contributed by atoms with E-state index in [1.807, 2.05) is 26.8 Å². The third kappa shape index (κ3) is 3.11. The molecule has 1 aliphatic heterocycles. The molecule has 1 N–H and O–H groups in total. The number of nitrogens with one attached hydrogen (secondary N) is 1. The molecule has 0 spiro atoms. The number of ether oxygens (including phenoxy) is 1. The summed E-state index contributed by atoms with van der Waals surface area (Å²) in [5, 5.41) is 7.31. The number of aryl methyl sites for hydroxylation is 2. The first-order valence-corrected chi connectivity index (χ1v) is 8.44. The molecule has 0 fully saturated rings. The zero-order valence-electron chi connectivity index (χ0n) is 15.3. The van der Waals surface area contributed by atoms with Crippen LogP contribution in [0.1, 0.15) is 53.0 Å². The number of hydrogen-bond acceptors (Lipinski definition) is 4. The maximum atomic E-state index is 12.7. The highest BCUT2D eigenvalue weighted by molar-refractivity contribution is 5.94. The van der Waals surface area contributed by atoms with Crippen molar-refractivity contribution in [2.75, 3.05) is 0 Å². The molecule has 0 aromatic carbocycles. The summed E-state index contributed by atoms with van der Waals surface area (Å²) >= 11 is 0. The van der Waals surface area contributed by atoms with Gasteiger partial charge in [-0.25, -0.2) is 0 Å². The molecule has 0 radical (unpaired) electrons. The number of aromatic nitrogens is 3. The number of pyridine rings is 1. The first-order chi connectivity index (χ1) is 11.8. The summed E-state index contributed by atoms with van der Waals surface area (Å²) in [6.45, 7) is 5.99. The first-order valence-electron chi connectivity index (χ1n) is 8.44. The molecule has 0 unspecified atom stereocenters. The molecule has 0 aliphatic carbocycles. The molecule has 2 aromatic heterocycles. The maximum absolute atomic E-state index is 12.7. The van der Waals surface area contributed by atoms with Gasteiger partial charge < -0.3 is 14.6 Å². The van der Waals surface area contributed by atoms with Crippen molar-refractivity contribution < 1.29 is 9.53 Å². The fourth-order valence-corrected chi connectivity index (χ4v) is 3.32. The highest BCUT2D eigenvalue weighted by atomic mass is 16.5. The van der Waals surface area contributed by atoms with E-state index in [1.54, 1.807) is 29.4 Å². The van der Waals surface area contributed by atoms with Crippen molar-refractivity contribution in [1.82, 2.24) is 19.7 Å². The van der Waals surface area contributed by atoms with Gasteiger partial charge in [0.15, 0.2) is 0 Å². The Labute approximate surface area is 146 Å². The summed E-state index contributed by atoms with van der Waals surface area (Å²) in [5.74, 6) is -0.222. The van der Waals surface area contributed by atoms with Crippen LogP contribution in [0.5, 0.6) is 0 Å². The fourth-order valence-electron chi connectivity index (χ4n) is 3.32. The minimum atomic E-state index is -0.222. The van der Waals surface area contributed by atoms with Gasteiger partial charge >= 0.3 is 0 Å². The molecule has 0 saturated heterocycles. The monoisotopic (exact) mass is 344 g/mol. The Morgan fingerprint density at radius 1 is 1.36 bits per heavy atom. The Kier molecular flexibility index (Phi) is 4.51. The van der Waals surface area contributed by atoms with Crippen molar-refractivity contribution in [2.45, 2.75) is 45.9 Å². The molecule has 0 saturated carbocycles. The lowest BCUT2D eigenvalue weighted by molar-refractivity contribution is -0.00710. The summed E-state index contributed by atoms with van der Waals surface area (Å²) in [7, 11) is 3.48. The van der Waals surface area contributed by atoms with Crippen LogP contribution < -0.4 is 10.9 Å². The molecular formula is C18H24N4O3. The average Bonchev–Trinajstić information content (AvgIpc) is 2.88. The predicted octanol–water partition coefficient (Wildman–Crippen LogP) is 1.38. The van der Waals surface area contributed by atoms with Crippen LogP contribution in [0.2, 0.25) is 0 Å². The predicted molar refractivity (Wildman–Crippen MR) is 93.5 cm³/mol. The maximum Gasteiger partial charge on any atom is 0.270 e. The summed E-state index contributed by atoms with van der Waals surface area (Å²) < 4.78 is 8.96. The van der Waals surface area contributed by atoms with E-state index < -0.39 is 0 Å². The quantitative estimate of drug-likeness (QED) is 0.912. The van der Waals surface area contributed by atoms with Gasteiger partial charge in [-0.05, 0) is 26.8 Å². The normalized spacial score (nSPS) is 19.6. The molecule has 134 valence electrons. The fraction of sp³-hybridized carbons (Fsp3) is 0.500. The summed E-state index contributed by atoms with van der Waals surface area (Å²) in [6.07, 6.45) is 0.571. The third-order valence-corrected chi connectivity index (χ3v) is 4.78. The molecule has 7 heteroatoms. The van der Waals surface area contributed by atoms with E-state index in [1.165, 1.54) is 0 Å². The lowest BCUT2D eigenvalue weighted by Crippen LogP contribution is -2.32. The molecule has 2 aromatic rings. The van der Waals surface area contributed by atoms with Crippen LogP contribution in [-0.2, 0) is 31.8 Å². The lowest BCUT2D eigenvalue weighted by Gasteiger charge is -2.24. The Balaban J connectivity index is 1.84. The van der Waals surface area contributed by atoms with E-state index in [-0.39, 0.29) is 30.2 Å². The largest absolute Gasteiger partial charge is 0.369 e. The van der Waals surface area contributed by atoms with E-state index in [0.717, 1.165) is 17.0 Å². The molecule has 25 heavy (non-hydrogen) atoms. The first kappa shape index (κ1) is 17.4. The number of fused-ring (bicyclic) bond motifs is 1. The number of amides is 1. The van der Waals surface area contributed by atoms with Gasteiger partial charge in [-0.2, -0.15) is 5.10 Å². The van der Waals surface area contributed by atoms with E-state index in [2.05, 4.69) is 10.4 Å². The second-order valence-electron chi connectivity index (χ2n) is 6.68. The van der Waals surface area contributed by atoms with Gasteiger partial charge in [0.1, 0.15) is 5.69 Å². The standard InChI is InChI=1S/C18H24N4O3/c1-10-6-7-13(18(24)21(10)4)9-19-17(23)16-14-8-11(2)25-12(3)15(14)20-22(16)5/h6-7,11-12H,8-9H2,1-5H3,(H,19,23)/t11-,12+/m1/s1. The van der Waals surface area contributed by atoms with Crippen LogP contribution in [-0.4, -0.2) is 26.4 Å². The summed E-state index contributed by atoms with van der Waals surface area (Å²) in [5.41, 5.74) is 3.63. The molecule has 1 aliphatic rings. The van der Waals surface area contributed by atoms with Gasteiger partial charge in [0.05, 0.1) is 17.9 Å². The minimum absolute atomic E-state index is 0.0441. The van der Waals surface area contributed by atoms with Gasteiger partial charge in [0.2, 0.25) is 0 Å². The number of carbonyl (C=O) groups is 1. The van der Waals surface area contributed by atoms with Gasteiger partial charge in [-0.15, -0.1) is 0 Å². The van der Waals surface area contributed by atoms with Crippen LogP contribution in [0.3, 0.4) is 0 Å². The van der Waals surface area contributed by atoms with E-state index in [0.29, 0.717) is 17.7 Å². The highest BCUT2D eigenvalue weighted by Gasteiger charge is 2.31. The number of rotatable bonds is 3. The van der Waals surface area contributed by atoms with Gasteiger partial charge in [0, 0.05) is 43.9 Å². The second-order valence-corrected chi connectivity index (χ2v) is 6.68. The average molecular weight is 344 g/mol. The van der Waals surface area contributed by atoms with E-state index in [9.17, 15) is 9.59 Å². The van der Waals surface area contributed by atoms with Gasteiger partial charge in [-0.1, -0.05) is 6.07 Å². The van der Waals surface area contributed by atoms with Crippen LogP contribution in [0.25, 0.3) is 0 Å². The number of carbonyl (C=O) groups excluding carboxylic acids is 1. The van der Waals surface area contributed by atoms with Gasteiger partial charge in [0.25, 0.3) is 11.5 Å².